The summed E-state index contributed by atoms with van der Waals surface area (Å²) in [6.07, 6.45) is 3.32. The van der Waals surface area contributed by atoms with Crippen LogP contribution < -0.4 is 15.5 Å². The molecule has 2 N–H and O–H groups in total. The second kappa shape index (κ2) is 9.32. The Balaban J connectivity index is 1.47. The van der Waals surface area contributed by atoms with Gasteiger partial charge in [-0.05, 0) is 25.1 Å². The lowest BCUT2D eigenvalue weighted by atomic mass is 10.1. The zero-order valence-electron chi connectivity index (χ0n) is 18.1. The maximum absolute atomic E-state index is 15.0. The van der Waals surface area contributed by atoms with Gasteiger partial charge in [0.15, 0.2) is 5.82 Å². The van der Waals surface area contributed by atoms with E-state index in [0.717, 1.165) is 13.1 Å². The number of hydrogen-bond donors (Lipinski definition) is 2. The molecule has 3 aromatic rings. The zero-order chi connectivity index (χ0) is 21.9. The van der Waals surface area contributed by atoms with Crippen molar-refractivity contribution < 1.29 is 13.9 Å². The average Bonchev–Trinajstić information content (AvgIpc) is 2.85. The fourth-order valence-corrected chi connectivity index (χ4v) is 4.16. The minimum absolute atomic E-state index is 0.0104. The predicted octanol–water partition coefficient (Wildman–Crippen LogP) is 2.46. The Morgan fingerprint density at radius 3 is 2.78 bits per heavy atom. The van der Waals surface area contributed by atoms with E-state index in [4.69, 9.17) is 14.5 Å². The Bertz CT molecular complexity index is 1090. The van der Waals surface area contributed by atoms with Gasteiger partial charge in [-0.3, -0.25) is 4.98 Å². The number of pyridine rings is 1. The van der Waals surface area contributed by atoms with Crippen molar-refractivity contribution in [2.24, 2.45) is 0 Å². The van der Waals surface area contributed by atoms with Gasteiger partial charge in [-0.2, -0.15) is 0 Å². The fraction of sp³-hybridized carbons (Fsp3) is 0.435. The van der Waals surface area contributed by atoms with Crippen LogP contribution >= 0.6 is 0 Å². The molecule has 4 heterocycles. The normalized spacial score (nSPS) is 20.3. The first-order valence-corrected chi connectivity index (χ1v) is 11.0. The molecule has 0 spiro atoms. The summed E-state index contributed by atoms with van der Waals surface area (Å²) in [4.78, 5) is 15.7. The van der Waals surface area contributed by atoms with Gasteiger partial charge in [0.25, 0.3) is 0 Å². The second-order valence-corrected chi connectivity index (χ2v) is 8.09. The van der Waals surface area contributed by atoms with Crippen LogP contribution in [-0.2, 0) is 9.47 Å². The van der Waals surface area contributed by atoms with E-state index in [-0.39, 0.29) is 18.0 Å². The van der Waals surface area contributed by atoms with Gasteiger partial charge < -0.3 is 25.0 Å². The number of morpholine rings is 2. The summed E-state index contributed by atoms with van der Waals surface area (Å²) in [5.74, 6) is 0.347. The average molecular weight is 439 g/mol. The van der Waals surface area contributed by atoms with Crippen molar-refractivity contribution in [3.05, 3.63) is 42.5 Å². The molecule has 0 amide bonds. The van der Waals surface area contributed by atoms with Crippen LogP contribution in [0.2, 0.25) is 0 Å². The van der Waals surface area contributed by atoms with Crippen molar-refractivity contribution in [2.75, 3.05) is 56.2 Å². The van der Waals surface area contributed by atoms with E-state index in [1.165, 1.54) is 6.07 Å². The molecule has 2 saturated heterocycles. The minimum Gasteiger partial charge on any atom is -0.378 e. The number of halogens is 1. The summed E-state index contributed by atoms with van der Waals surface area (Å²) in [6.45, 7) is 6.96. The largest absolute Gasteiger partial charge is 0.378 e. The van der Waals surface area contributed by atoms with Crippen LogP contribution in [-0.4, -0.2) is 73.1 Å². The third-order valence-corrected chi connectivity index (χ3v) is 5.93. The quantitative estimate of drug-likeness (QED) is 0.629. The first-order valence-electron chi connectivity index (χ1n) is 11.0. The molecule has 168 valence electrons. The van der Waals surface area contributed by atoms with Gasteiger partial charge in [0.05, 0.1) is 48.9 Å². The van der Waals surface area contributed by atoms with Crippen molar-refractivity contribution >= 4 is 22.5 Å². The van der Waals surface area contributed by atoms with Crippen LogP contribution in [0.3, 0.4) is 0 Å². The molecule has 2 aromatic heterocycles. The Morgan fingerprint density at radius 1 is 1.16 bits per heavy atom. The van der Waals surface area contributed by atoms with Gasteiger partial charge in [-0.15, -0.1) is 0 Å². The number of benzene rings is 1. The Hall–Kier alpha value is -2.88. The molecule has 8 nitrogen and oxygen atoms in total. The number of fused-ring (bicyclic) bond motifs is 1. The Labute approximate surface area is 186 Å². The van der Waals surface area contributed by atoms with E-state index >= 15 is 4.39 Å². The molecule has 2 fully saturated rings. The van der Waals surface area contributed by atoms with Crippen LogP contribution in [0.4, 0.5) is 15.9 Å². The van der Waals surface area contributed by atoms with E-state index < -0.39 is 0 Å². The lowest BCUT2D eigenvalue weighted by molar-refractivity contribution is 0.0201. The summed E-state index contributed by atoms with van der Waals surface area (Å²) >= 11 is 0. The van der Waals surface area contributed by atoms with Gasteiger partial charge in [0.2, 0.25) is 0 Å². The second-order valence-electron chi connectivity index (χ2n) is 8.09. The van der Waals surface area contributed by atoms with E-state index in [1.54, 1.807) is 12.4 Å². The van der Waals surface area contributed by atoms with E-state index in [9.17, 15) is 0 Å². The number of nitrogens with one attached hydrogen (secondary N) is 2. The molecular weight excluding hydrogens is 411 g/mol. The molecule has 0 aliphatic carbocycles. The Morgan fingerprint density at radius 2 is 2.00 bits per heavy atom. The van der Waals surface area contributed by atoms with Gasteiger partial charge in [0, 0.05) is 44.1 Å². The van der Waals surface area contributed by atoms with Crippen molar-refractivity contribution in [3.8, 4) is 11.3 Å². The summed E-state index contributed by atoms with van der Waals surface area (Å²) in [7, 11) is 0. The lowest BCUT2D eigenvalue weighted by Crippen LogP contribution is -2.46. The van der Waals surface area contributed by atoms with Gasteiger partial charge in [0.1, 0.15) is 11.3 Å². The molecule has 5 rings (SSSR count). The number of aromatic nitrogens is 3. The smallest absolute Gasteiger partial charge is 0.155 e. The van der Waals surface area contributed by atoms with Crippen LogP contribution in [0.25, 0.3) is 22.3 Å². The van der Waals surface area contributed by atoms with E-state index in [2.05, 4.69) is 27.5 Å². The molecule has 1 unspecified atom stereocenters. The summed E-state index contributed by atoms with van der Waals surface area (Å²) in [5.41, 5.74) is 3.30. The van der Waals surface area contributed by atoms with Crippen molar-refractivity contribution in [3.63, 3.8) is 0 Å². The molecule has 2 atom stereocenters. The molecule has 32 heavy (non-hydrogen) atoms. The molecule has 1 aromatic carbocycles. The third-order valence-electron chi connectivity index (χ3n) is 5.93. The highest BCUT2D eigenvalue weighted by atomic mass is 19.1. The number of nitrogens with zero attached hydrogens (tertiary/aromatic N) is 4. The Kier molecular flexibility index (Phi) is 6.11. The fourth-order valence-electron chi connectivity index (χ4n) is 4.16. The van der Waals surface area contributed by atoms with Crippen LogP contribution in [0.5, 0.6) is 0 Å². The monoisotopic (exact) mass is 438 g/mol. The van der Waals surface area contributed by atoms with Crippen molar-refractivity contribution in [1.29, 1.82) is 0 Å². The first-order chi connectivity index (χ1) is 15.7. The maximum Gasteiger partial charge on any atom is 0.155 e. The zero-order valence-corrected chi connectivity index (χ0v) is 18.1. The topological polar surface area (TPSA) is 84.4 Å². The molecule has 9 heteroatoms. The van der Waals surface area contributed by atoms with Gasteiger partial charge in [-0.25, -0.2) is 14.4 Å². The first kappa shape index (κ1) is 21.0. The summed E-state index contributed by atoms with van der Waals surface area (Å²) in [5, 5.41) is 6.80. The van der Waals surface area contributed by atoms with Gasteiger partial charge in [-0.1, -0.05) is 6.07 Å². The summed E-state index contributed by atoms with van der Waals surface area (Å²) in [6, 6.07) is 7.11. The highest BCUT2D eigenvalue weighted by Crippen LogP contribution is 2.30. The molecule has 2 aliphatic rings. The predicted molar refractivity (Wildman–Crippen MR) is 121 cm³/mol. The molecule has 0 radical (unpaired) electrons. The van der Waals surface area contributed by atoms with Crippen molar-refractivity contribution in [1.82, 2.24) is 20.3 Å². The summed E-state index contributed by atoms with van der Waals surface area (Å²) < 4.78 is 26.3. The molecule has 2 aliphatic heterocycles. The molecule has 0 bridgehead atoms. The third kappa shape index (κ3) is 4.36. The van der Waals surface area contributed by atoms with E-state index in [1.807, 2.05) is 23.1 Å². The number of anilines is 2. The lowest BCUT2D eigenvalue weighted by Gasteiger charge is -2.30. The van der Waals surface area contributed by atoms with E-state index in [0.29, 0.717) is 66.7 Å². The highest BCUT2D eigenvalue weighted by molar-refractivity contribution is 5.88. The van der Waals surface area contributed by atoms with Gasteiger partial charge >= 0.3 is 0 Å². The number of ether oxygens (including phenoxy) is 2. The standard InChI is InChI=1S/C23H27FN6O2/c1-15(21-14-25-6-9-32-21)28-23-22-19(26-4-5-27-22)13-18(29-23)16-2-3-20(17(24)12-16)30-7-10-31-11-8-30/h2-5,12-13,15,21,25H,6-11,14H2,1H3,(H,28,29)/t15?,21-/m1/s1. The van der Waals surface area contributed by atoms with Crippen LogP contribution in [0.1, 0.15) is 6.92 Å². The highest BCUT2D eigenvalue weighted by Gasteiger charge is 2.23. The SMILES string of the molecule is CC(Nc1nc(-c2ccc(N3CCOCC3)c(F)c2)cc2nccnc12)[C@H]1CNCCO1. The number of rotatable bonds is 5. The van der Waals surface area contributed by atoms with Crippen molar-refractivity contribution in [2.45, 2.75) is 19.1 Å². The van der Waals surface area contributed by atoms with Crippen LogP contribution in [0, 0.1) is 5.82 Å². The molecule has 0 saturated carbocycles. The van der Waals surface area contributed by atoms with Crippen LogP contribution in [0.15, 0.2) is 36.7 Å². The molecular formula is C23H27FN6O2. The number of hydrogen-bond acceptors (Lipinski definition) is 8. The minimum atomic E-state index is -0.269. The maximum atomic E-state index is 15.0.